The molecule has 4 heteroatoms. The summed E-state index contributed by atoms with van der Waals surface area (Å²) < 4.78 is 0. The molecule has 0 saturated carbocycles. The van der Waals surface area contributed by atoms with Gasteiger partial charge in [0.15, 0.2) is 0 Å². The summed E-state index contributed by atoms with van der Waals surface area (Å²) in [5.41, 5.74) is 0. The monoisotopic (exact) mass is 202 g/mol. The van der Waals surface area contributed by atoms with E-state index in [0.717, 1.165) is 0 Å². The number of aromatic hydroxyl groups is 1. The molecule has 0 saturated heterocycles. The first-order chi connectivity index (χ1) is 4.20. The minimum absolute atomic E-state index is 0. The first-order valence-corrected chi connectivity index (χ1v) is 3.10. The maximum atomic E-state index is 8.88. The summed E-state index contributed by atoms with van der Waals surface area (Å²) in [5.74, 6) is 0.0177. The van der Waals surface area contributed by atoms with E-state index in [9.17, 15) is 0 Å². The van der Waals surface area contributed by atoms with Crippen LogP contribution in [0.1, 0.15) is 0 Å². The third-order valence-corrected chi connectivity index (χ3v) is 1.46. The van der Waals surface area contributed by atoms with E-state index in [1.807, 2.05) is 0 Å². The molecule has 0 heterocycles. The first-order valence-electron chi connectivity index (χ1n) is 2.34. The second-order valence-corrected chi connectivity index (χ2v) is 2.44. The Morgan fingerprint density at radius 2 is 1.80 bits per heavy atom. The third kappa shape index (κ3) is 3.09. The van der Waals surface area contributed by atoms with Crippen LogP contribution in [0.3, 0.4) is 0 Å². The standard InChI is InChI=1S/C6H4Cl2O.K.H/c7-4-1-2-5(8)6(9)3-4;;/h1-3,9H;;. The van der Waals surface area contributed by atoms with E-state index in [1.165, 1.54) is 6.07 Å². The predicted molar refractivity (Wildman–Crippen MR) is 45.3 cm³/mol. The van der Waals surface area contributed by atoms with E-state index in [0.29, 0.717) is 10.0 Å². The second-order valence-electron chi connectivity index (χ2n) is 1.60. The van der Waals surface area contributed by atoms with Crippen molar-refractivity contribution in [2.75, 3.05) is 0 Å². The molecule has 0 aliphatic heterocycles. The summed E-state index contributed by atoms with van der Waals surface area (Å²) in [6.07, 6.45) is 0. The van der Waals surface area contributed by atoms with Gasteiger partial charge in [0.05, 0.1) is 5.02 Å². The summed E-state index contributed by atoms with van der Waals surface area (Å²) in [4.78, 5) is 0. The van der Waals surface area contributed by atoms with E-state index in [-0.39, 0.29) is 57.1 Å². The number of benzene rings is 1. The summed E-state index contributed by atoms with van der Waals surface area (Å²) in [5, 5.41) is 9.69. The Labute approximate surface area is 112 Å². The van der Waals surface area contributed by atoms with Gasteiger partial charge in [-0.05, 0) is 12.1 Å². The van der Waals surface area contributed by atoms with E-state index >= 15 is 0 Å². The van der Waals surface area contributed by atoms with Crippen molar-refractivity contribution >= 4 is 74.6 Å². The van der Waals surface area contributed by atoms with Crippen molar-refractivity contribution in [1.82, 2.24) is 0 Å². The molecule has 0 amide bonds. The maximum absolute atomic E-state index is 8.88. The fraction of sp³-hybridized carbons (Fsp3) is 0. The van der Waals surface area contributed by atoms with Gasteiger partial charge in [0, 0.05) is 11.1 Å². The molecule has 1 aromatic carbocycles. The van der Waals surface area contributed by atoms with Gasteiger partial charge in [-0.2, -0.15) is 0 Å². The van der Waals surface area contributed by atoms with Crippen molar-refractivity contribution in [3.05, 3.63) is 28.2 Å². The molecule has 1 aromatic rings. The Morgan fingerprint density at radius 1 is 1.20 bits per heavy atom. The topological polar surface area (TPSA) is 20.2 Å². The summed E-state index contributed by atoms with van der Waals surface area (Å²) in [6.45, 7) is 0. The summed E-state index contributed by atoms with van der Waals surface area (Å²) >= 11 is 11.0. The first kappa shape index (κ1) is 11.2. The molecule has 50 valence electrons. The molecular weight excluding hydrogens is 198 g/mol. The Kier molecular flexibility index (Phi) is 5.60. The van der Waals surface area contributed by atoms with E-state index in [4.69, 9.17) is 28.3 Å². The summed E-state index contributed by atoms with van der Waals surface area (Å²) in [6, 6.07) is 4.55. The SMILES string of the molecule is Oc1cc(Cl)ccc1Cl.[KH]. The molecule has 1 N–H and O–H groups in total. The Hall–Kier alpha value is 1.24. The molecule has 1 nitrogen and oxygen atoms in total. The van der Waals surface area contributed by atoms with E-state index < -0.39 is 0 Å². The van der Waals surface area contributed by atoms with Crippen LogP contribution in [-0.2, 0) is 0 Å². The van der Waals surface area contributed by atoms with Crippen LogP contribution < -0.4 is 0 Å². The fourth-order valence-corrected chi connectivity index (χ4v) is 0.770. The van der Waals surface area contributed by atoms with Crippen LogP contribution in [-0.4, -0.2) is 56.5 Å². The van der Waals surface area contributed by atoms with Crippen molar-refractivity contribution in [3.63, 3.8) is 0 Å². The Balaban J connectivity index is 0.000000810. The Bertz CT molecular complexity index is 227. The molecule has 0 aliphatic carbocycles. The molecule has 0 unspecified atom stereocenters. The van der Waals surface area contributed by atoms with Gasteiger partial charge in [-0.3, -0.25) is 0 Å². The molecule has 10 heavy (non-hydrogen) atoms. The van der Waals surface area contributed by atoms with Crippen LogP contribution in [0, 0.1) is 0 Å². The fourth-order valence-electron chi connectivity index (χ4n) is 0.486. The van der Waals surface area contributed by atoms with Crippen LogP contribution in [0.25, 0.3) is 0 Å². The van der Waals surface area contributed by atoms with Gasteiger partial charge in [-0.25, -0.2) is 0 Å². The molecule has 0 bridgehead atoms. The number of phenolic OH excluding ortho intramolecular Hbond substituents is 1. The van der Waals surface area contributed by atoms with Crippen molar-refractivity contribution in [3.8, 4) is 5.75 Å². The van der Waals surface area contributed by atoms with Crippen molar-refractivity contribution in [2.24, 2.45) is 0 Å². The number of hydrogen-bond acceptors (Lipinski definition) is 1. The zero-order valence-electron chi connectivity index (χ0n) is 4.44. The molecule has 0 aliphatic rings. The second kappa shape index (κ2) is 4.98. The van der Waals surface area contributed by atoms with Crippen molar-refractivity contribution in [2.45, 2.75) is 0 Å². The van der Waals surface area contributed by atoms with Gasteiger partial charge in [0.25, 0.3) is 0 Å². The van der Waals surface area contributed by atoms with Gasteiger partial charge in [-0.15, -0.1) is 0 Å². The van der Waals surface area contributed by atoms with Crippen LogP contribution in [0.15, 0.2) is 18.2 Å². The number of rotatable bonds is 0. The minimum atomic E-state index is 0. The zero-order valence-corrected chi connectivity index (χ0v) is 5.95. The van der Waals surface area contributed by atoms with Crippen LogP contribution >= 0.6 is 23.2 Å². The molecule has 0 aromatic heterocycles. The molecule has 0 fully saturated rings. The van der Waals surface area contributed by atoms with Crippen LogP contribution in [0.4, 0.5) is 0 Å². The van der Waals surface area contributed by atoms with Crippen LogP contribution in [0.2, 0.25) is 10.0 Å². The average Bonchev–Trinajstić information content (AvgIpc) is 1.80. The van der Waals surface area contributed by atoms with Gasteiger partial charge in [0.2, 0.25) is 0 Å². The number of hydrogen-bond donors (Lipinski definition) is 1. The number of phenols is 1. The van der Waals surface area contributed by atoms with Crippen molar-refractivity contribution in [1.29, 1.82) is 0 Å². The zero-order chi connectivity index (χ0) is 6.85. The third-order valence-electron chi connectivity index (χ3n) is 0.908. The van der Waals surface area contributed by atoms with E-state index in [2.05, 4.69) is 0 Å². The molecule has 0 atom stereocenters. The molecular formula is C6H5Cl2KO. The van der Waals surface area contributed by atoms with Gasteiger partial charge in [0.1, 0.15) is 5.75 Å². The van der Waals surface area contributed by atoms with E-state index in [1.54, 1.807) is 12.1 Å². The molecule has 0 spiro atoms. The van der Waals surface area contributed by atoms with Gasteiger partial charge < -0.3 is 5.11 Å². The summed E-state index contributed by atoms with van der Waals surface area (Å²) in [7, 11) is 0. The normalized spacial score (nSPS) is 8.60. The van der Waals surface area contributed by atoms with Gasteiger partial charge in [-0.1, -0.05) is 23.2 Å². The Morgan fingerprint density at radius 3 is 2.20 bits per heavy atom. The van der Waals surface area contributed by atoms with Crippen LogP contribution in [0.5, 0.6) is 5.75 Å². The molecule has 0 radical (unpaired) electrons. The quantitative estimate of drug-likeness (QED) is 0.640. The van der Waals surface area contributed by atoms with Gasteiger partial charge >= 0.3 is 51.4 Å². The van der Waals surface area contributed by atoms with Crippen molar-refractivity contribution < 1.29 is 5.11 Å². The average molecular weight is 203 g/mol. The number of halogens is 2. The molecule has 1 rings (SSSR count). The predicted octanol–water partition coefficient (Wildman–Crippen LogP) is 2.05.